The number of hydrogen-bond acceptors (Lipinski definition) is 3. The Hall–Kier alpha value is -0.120. The first kappa shape index (κ1) is 9.96. The van der Waals surface area contributed by atoms with E-state index in [1.807, 2.05) is 0 Å². The minimum Gasteiger partial charge on any atom is -0.356 e. The molecule has 0 saturated heterocycles. The summed E-state index contributed by atoms with van der Waals surface area (Å²) in [5, 5.41) is 0. The molecule has 0 heterocycles. The van der Waals surface area contributed by atoms with Crippen molar-refractivity contribution in [2.75, 3.05) is 14.2 Å². The fraction of sp³-hybridized carbons (Fsp3) is 1.00. The third kappa shape index (κ3) is 2.44. The zero-order chi connectivity index (χ0) is 9.03. The summed E-state index contributed by atoms with van der Waals surface area (Å²) in [7, 11) is 3.32. The predicted molar refractivity (Wildman–Crippen MR) is 47.8 cm³/mol. The fourth-order valence-electron chi connectivity index (χ4n) is 1.88. The van der Waals surface area contributed by atoms with Gasteiger partial charge in [0.25, 0.3) is 0 Å². The Morgan fingerprint density at radius 2 is 1.75 bits per heavy atom. The van der Waals surface area contributed by atoms with Crippen LogP contribution in [0.1, 0.15) is 32.1 Å². The summed E-state index contributed by atoms with van der Waals surface area (Å²) in [5.74, 6) is 0. The summed E-state index contributed by atoms with van der Waals surface area (Å²) in [6.07, 6.45) is 5.40. The zero-order valence-corrected chi connectivity index (χ0v) is 8.01. The van der Waals surface area contributed by atoms with E-state index in [2.05, 4.69) is 0 Å². The average molecular weight is 173 g/mol. The predicted octanol–water partition coefficient (Wildman–Crippen LogP) is 1.27. The van der Waals surface area contributed by atoms with Gasteiger partial charge in [0.1, 0.15) is 0 Å². The molecule has 3 heteroatoms. The highest BCUT2D eigenvalue weighted by molar-refractivity contribution is 4.89. The molecule has 12 heavy (non-hydrogen) atoms. The van der Waals surface area contributed by atoms with E-state index in [4.69, 9.17) is 15.2 Å². The maximum absolute atomic E-state index is 6.15. The summed E-state index contributed by atoms with van der Waals surface area (Å²) in [6.45, 7) is 0. The Morgan fingerprint density at radius 1 is 1.25 bits per heavy atom. The van der Waals surface area contributed by atoms with Crippen LogP contribution in [0.3, 0.4) is 0 Å². The van der Waals surface area contributed by atoms with E-state index in [1.165, 1.54) is 12.8 Å². The molecular weight excluding hydrogens is 154 g/mol. The van der Waals surface area contributed by atoms with Crippen LogP contribution < -0.4 is 5.73 Å². The molecule has 1 aliphatic carbocycles. The van der Waals surface area contributed by atoms with Crippen molar-refractivity contribution >= 4 is 0 Å². The van der Waals surface area contributed by atoms with Crippen LogP contribution in [0.5, 0.6) is 0 Å². The van der Waals surface area contributed by atoms with E-state index in [9.17, 15) is 0 Å². The molecule has 0 radical (unpaired) electrons. The van der Waals surface area contributed by atoms with Crippen molar-refractivity contribution in [3.63, 3.8) is 0 Å². The van der Waals surface area contributed by atoms with E-state index in [1.54, 1.807) is 14.2 Å². The minimum atomic E-state index is -0.131. The van der Waals surface area contributed by atoms with Crippen LogP contribution in [-0.4, -0.2) is 26.0 Å². The van der Waals surface area contributed by atoms with Crippen molar-refractivity contribution in [3.8, 4) is 0 Å². The Morgan fingerprint density at radius 3 is 2.17 bits per heavy atom. The molecule has 0 unspecified atom stereocenters. The summed E-state index contributed by atoms with van der Waals surface area (Å²) in [5.41, 5.74) is 6.12. The third-order valence-electron chi connectivity index (χ3n) is 2.70. The number of methoxy groups -OCH3 is 2. The Balaban J connectivity index is 2.36. The molecule has 1 rings (SSSR count). The topological polar surface area (TPSA) is 44.5 Å². The van der Waals surface area contributed by atoms with Crippen molar-refractivity contribution < 1.29 is 9.47 Å². The molecular formula is C9H19NO2. The molecule has 0 atom stereocenters. The van der Waals surface area contributed by atoms with Crippen molar-refractivity contribution in [2.45, 2.75) is 43.9 Å². The van der Waals surface area contributed by atoms with Gasteiger partial charge in [0.2, 0.25) is 0 Å². The van der Waals surface area contributed by atoms with Crippen LogP contribution in [0.15, 0.2) is 0 Å². The van der Waals surface area contributed by atoms with Crippen LogP contribution in [0, 0.1) is 0 Å². The normalized spacial score (nSPS) is 22.0. The van der Waals surface area contributed by atoms with Gasteiger partial charge in [0.05, 0.1) is 0 Å². The molecule has 1 saturated carbocycles. The zero-order valence-electron chi connectivity index (χ0n) is 8.01. The number of hydrogen-bond donors (Lipinski definition) is 1. The smallest absolute Gasteiger partial charge is 0.158 e. The molecule has 0 amide bonds. The van der Waals surface area contributed by atoms with Crippen LogP contribution in [0.4, 0.5) is 0 Å². The Bertz CT molecular complexity index is 128. The van der Waals surface area contributed by atoms with Gasteiger partial charge in [-0.05, 0) is 12.8 Å². The summed E-state index contributed by atoms with van der Waals surface area (Å²) >= 11 is 0. The molecule has 2 N–H and O–H groups in total. The van der Waals surface area contributed by atoms with Gasteiger partial charge in [-0.2, -0.15) is 0 Å². The molecule has 0 aromatic rings. The second-order valence-corrected chi connectivity index (χ2v) is 3.67. The SMILES string of the molecule is COC(CC1(N)CCCC1)OC. The lowest BCUT2D eigenvalue weighted by Gasteiger charge is -2.27. The molecule has 0 aliphatic heterocycles. The molecule has 0 aromatic carbocycles. The second kappa shape index (κ2) is 4.21. The highest BCUT2D eigenvalue weighted by Crippen LogP contribution is 2.31. The average Bonchev–Trinajstić information content (AvgIpc) is 2.48. The summed E-state index contributed by atoms with van der Waals surface area (Å²) in [6, 6.07) is 0. The first-order valence-electron chi connectivity index (χ1n) is 4.55. The highest BCUT2D eigenvalue weighted by Gasteiger charge is 2.32. The quantitative estimate of drug-likeness (QED) is 0.651. The van der Waals surface area contributed by atoms with Gasteiger partial charge >= 0.3 is 0 Å². The van der Waals surface area contributed by atoms with Gasteiger partial charge in [-0.25, -0.2) is 0 Å². The maximum Gasteiger partial charge on any atom is 0.158 e. The van der Waals surface area contributed by atoms with E-state index in [-0.39, 0.29) is 11.8 Å². The number of ether oxygens (including phenoxy) is 2. The van der Waals surface area contributed by atoms with Gasteiger partial charge in [-0.1, -0.05) is 12.8 Å². The number of rotatable bonds is 4. The van der Waals surface area contributed by atoms with Crippen molar-refractivity contribution in [2.24, 2.45) is 5.73 Å². The largest absolute Gasteiger partial charge is 0.356 e. The van der Waals surface area contributed by atoms with Crippen molar-refractivity contribution in [3.05, 3.63) is 0 Å². The van der Waals surface area contributed by atoms with E-state index >= 15 is 0 Å². The molecule has 72 valence electrons. The summed E-state index contributed by atoms with van der Waals surface area (Å²) in [4.78, 5) is 0. The molecule has 1 fully saturated rings. The van der Waals surface area contributed by atoms with Crippen LogP contribution in [-0.2, 0) is 9.47 Å². The lowest BCUT2D eigenvalue weighted by molar-refractivity contribution is -0.116. The van der Waals surface area contributed by atoms with Gasteiger partial charge in [0.15, 0.2) is 6.29 Å². The monoisotopic (exact) mass is 173 g/mol. The van der Waals surface area contributed by atoms with E-state index in [0.29, 0.717) is 0 Å². The van der Waals surface area contributed by atoms with E-state index in [0.717, 1.165) is 19.3 Å². The van der Waals surface area contributed by atoms with Gasteiger partial charge in [0, 0.05) is 26.2 Å². The minimum absolute atomic E-state index is 0.0311. The summed E-state index contributed by atoms with van der Waals surface area (Å²) < 4.78 is 10.2. The molecule has 1 aliphatic rings. The molecule has 3 nitrogen and oxygen atoms in total. The van der Waals surface area contributed by atoms with Crippen molar-refractivity contribution in [1.82, 2.24) is 0 Å². The molecule has 0 bridgehead atoms. The van der Waals surface area contributed by atoms with Gasteiger partial charge in [-0.15, -0.1) is 0 Å². The second-order valence-electron chi connectivity index (χ2n) is 3.67. The van der Waals surface area contributed by atoms with Gasteiger partial charge in [-0.3, -0.25) is 0 Å². The first-order valence-corrected chi connectivity index (χ1v) is 4.55. The van der Waals surface area contributed by atoms with Gasteiger partial charge < -0.3 is 15.2 Å². The van der Waals surface area contributed by atoms with E-state index < -0.39 is 0 Å². The Kier molecular flexibility index (Phi) is 3.50. The first-order chi connectivity index (χ1) is 5.70. The lowest BCUT2D eigenvalue weighted by Crippen LogP contribution is -2.40. The van der Waals surface area contributed by atoms with Crippen LogP contribution in [0.2, 0.25) is 0 Å². The highest BCUT2D eigenvalue weighted by atomic mass is 16.7. The fourth-order valence-corrected chi connectivity index (χ4v) is 1.88. The maximum atomic E-state index is 6.15. The number of nitrogens with two attached hydrogens (primary N) is 1. The molecule has 0 aromatic heterocycles. The van der Waals surface area contributed by atoms with Crippen LogP contribution in [0.25, 0.3) is 0 Å². The standard InChI is InChI=1S/C9H19NO2/c1-11-8(12-2)7-9(10)5-3-4-6-9/h8H,3-7,10H2,1-2H3. The molecule has 0 spiro atoms. The third-order valence-corrected chi connectivity index (χ3v) is 2.70. The van der Waals surface area contributed by atoms with Crippen molar-refractivity contribution in [1.29, 1.82) is 0 Å². The Labute approximate surface area is 74.2 Å². The lowest BCUT2D eigenvalue weighted by atomic mass is 9.94. The van der Waals surface area contributed by atoms with Crippen LogP contribution >= 0.6 is 0 Å².